The van der Waals surface area contributed by atoms with Gasteiger partial charge in [0.1, 0.15) is 24.3 Å². The molecule has 0 radical (unpaired) electrons. The standard InChI is InChI=1S/C39H65N3O10/c1-25(17-15-19-27(3)43)33(31(45)23-32(46)37(49)52-39(6,7)8)41(10)36(48)34(26(2)18-16-20-28(4)44)42(11)35(47)29(5)40(9)38(50)51-24-30-21-13-12-14-22-30/h12-14,21-22,25-29,32-34,43-44,46H,15-20,23-24H2,1-11H3/t25-,26-,27?,28?,29-,32?,33-,34-/m0/s1. The smallest absolute Gasteiger partial charge is 0.410 e. The van der Waals surface area contributed by atoms with Gasteiger partial charge in [-0.25, -0.2) is 9.59 Å². The number of ketones is 1. The number of esters is 1. The third-order valence-electron chi connectivity index (χ3n) is 9.26. The largest absolute Gasteiger partial charge is 0.458 e. The molecule has 1 aromatic carbocycles. The fraction of sp³-hybridized carbons (Fsp3) is 0.718. The van der Waals surface area contributed by atoms with Crippen molar-refractivity contribution in [3.63, 3.8) is 0 Å². The second-order valence-electron chi connectivity index (χ2n) is 15.3. The van der Waals surface area contributed by atoms with E-state index in [1.807, 2.05) is 37.3 Å². The predicted molar refractivity (Wildman–Crippen MR) is 198 cm³/mol. The summed E-state index contributed by atoms with van der Waals surface area (Å²) in [5, 5.41) is 30.4. The van der Waals surface area contributed by atoms with Crippen molar-refractivity contribution >= 4 is 29.7 Å². The van der Waals surface area contributed by atoms with E-state index in [1.54, 1.807) is 48.5 Å². The van der Waals surface area contributed by atoms with Crippen LogP contribution in [-0.2, 0) is 35.3 Å². The number of nitrogens with zero attached hydrogens (tertiary/aromatic N) is 3. The molecule has 0 bridgehead atoms. The number of hydrogen-bond donors (Lipinski definition) is 3. The maximum atomic E-state index is 14.6. The molecule has 3 N–H and O–H groups in total. The number of aliphatic hydroxyl groups is 3. The molecule has 0 saturated carbocycles. The van der Waals surface area contributed by atoms with Crippen LogP contribution in [0.5, 0.6) is 0 Å². The molecule has 0 aromatic heterocycles. The summed E-state index contributed by atoms with van der Waals surface area (Å²) < 4.78 is 10.7. The molecule has 3 amide bonds. The molecule has 0 spiro atoms. The Hall–Kier alpha value is -3.55. The van der Waals surface area contributed by atoms with E-state index in [4.69, 9.17) is 9.47 Å². The summed E-state index contributed by atoms with van der Waals surface area (Å²) >= 11 is 0. The van der Waals surface area contributed by atoms with Crippen molar-refractivity contribution < 1.29 is 48.8 Å². The second-order valence-corrected chi connectivity index (χ2v) is 15.3. The molecule has 13 heteroatoms. The van der Waals surface area contributed by atoms with E-state index in [2.05, 4.69) is 0 Å². The normalized spacial score (nSPS) is 16.3. The average Bonchev–Trinajstić information content (AvgIpc) is 3.05. The van der Waals surface area contributed by atoms with Gasteiger partial charge >= 0.3 is 12.1 Å². The van der Waals surface area contributed by atoms with Crippen molar-refractivity contribution in [3.05, 3.63) is 35.9 Å². The first-order valence-electron chi connectivity index (χ1n) is 18.4. The van der Waals surface area contributed by atoms with Gasteiger partial charge in [0.15, 0.2) is 11.9 Å². The second kappa shape index (κ2) is 21.9. The van der Waals surface area contributed by atoms with E-state index in [0.29, 0.717) is 38.5 Å². The number of carbonyl (C=O) groups is 5. The topological polar surface area (TPSA) is 174 Å². The highest BCUT2D eigenvalue weighted by Crippen LogP contribution is 2.26. The van der Waals surface area contributed by atoms with Crippen molar-refractivity contribution in [3.8, 4) is 0 Å². The zero-order valence-electron chi connectivity index (χ0n) is 33.2. The summed E-state index contributed by atoms with van der Waals surface area (Å²) in [5.74, 6) is -3.44. The summed E-state index contributed by atoms with van der Waals surface area (Å²) in [4.78, 5) is 71.8. The van der Waals surface area contributed by atoms with Gasteiger partial charge in [0, 0.05) is 27.6 Å². The number of hydrogen-bond acceptors (Lipinski definition) is 10. The summed E-state index contributed by atoms with van der Waals surface area (Å²) in [7, 11) is 4.40. The zero-order chi connectivity index (χ0) is 39.9. The lowest BCUT2D eigenvalue weighted by atomic mass is 9.87. The van der Waals surface area contributed by atoms with Crippen molar-refractivity contribution in [2.75, 3.05) is 21.1 Å². The number of aliphatic hydroxyl groups excluding tert-OH is 3. The predicted octanol–water partition coefficient (Wildman–Crippen LogP) is 4.33. The molecule has 0 aliphatic rings. The quantitative estimate of drug-likeness (QED) is 0.154. The van der Waals surface area contributed by atoms with E-state index >= 15 is 0 Å². The molecule has 0 aliphatic carbocycles. The monoisotopic (exact) mass is 735 g/mol. The van der Waals surface area contributed by atoms with E-state index in [1.165, 1.54) is 35.8 Å². The molecule has 0 heterocycles. The van der Waals surface area contributed by atoms with Crippen LogP contribution in [0.4, 0.5) is 4.79 Å². The van der Waals surface area contributed by atoms with Crippen LogP contribution in [-0.4, -0.2) is 123 Å². The maximum Gasteiger partial charge on any atom is 0.410 e. The highest BCUT2D eigenvalue weighted by Gasteiger charge is 2.42. The Morgan fingerprint density at radius 1 is 0.692 bits per heavy atom. The van der Waals surface area contributed by atoms with E-state index in [-0.39, 0.29) is 6.61 Å². The van der Waals surface area contributed by atoms with Crippen LogP contribution in [0, 0.1) is 11.8 Å². The Bertz CT molecular complexity index is 1280. The van der Waals surface area contributed by atoms with Gasteiger partial charge in [-0.3, -0.25) is 19.3 Å². The van der Waals surface area contributed by atoms with Crippen molar-refractivity contribution in [1.29, 1.82) is 0 Å². The summed E-state index contributed by atoms with van der Waals surface area (Å²) in [5.41, 5.74) is -0.109. The fourth-order valence-corrected chi connectivity index (χ4v) is 6.18. The Morgan fingerprint density at radius 2 is 1.17 bits per heavy atom. The van der Waals surface area contributed by atoms with Crippen molar-refractivity contribution in [2.24, 2.45) is 11.8 Å². The number of ether oxygens (including phenoxy) is 2. The van der Waals surface area contributed by atoms with Crippen molar-refractivity contribution in [1.82, 2.24) is 14.7 Å². The minimum Gasteiger partial charge on any atom is -0.458 e. The Labute approximate surface area is 310 Å². The molecule has 1 aromatic rings. The molecule has 52 heavy (non-hydrogen) atoms. The first-order valence-corrected chi connectivity index (χ1v) is 18.4. The Balaban J connectivity index is 3.42. The maximum absolute atomic E-state index is 14.6. The molecule has 296 valence electrons. The van der Waals surface area contributed by atoms with Gasteiger partial charge in [0.25, 0.3) is 0 Å². The van der Waals surface area contributed by atoms with Crippen LogP contribution in [0.3, 0.4) is 0 Å². The molecule has 0 saturated heterocycles. The average molecular weight is 736 g/mol. The van der Waals surface area contributed by atoms with Crippen LogP contribution in [0.2, 0.25) is 0 Å². The van der Waals surface area contributed by atoms with Crippen molar-refractivity contribution in [2.45, 2.75) is 149 Å². The van der Waals surface area contributed by atoms with Crippen LogP contribution in [0.1, 0.15) is 106 Å². The van der Waals surface area contributed by atoms with Gasteiger partial charge in [-0.15, -0.1) is 0 Å². The SMILES string of the molecule is CC(O)CCC[C@H](C)[C@@H](C(=O)CC(O)C(=O)OC(C)(C)C)N(C)C(=O)[C@H]([C@@H](C)CCCC(C)O)N(C)C(=O)[C@H](C)N(C)C(=O)OCc1ccccc1. The van der Waals surface area contributed by atoms with Crippen LogP contribution < -0.4 is 0 Å². The molecular weight excluding hydrogens is 670 g/mol. The highest BCUT2D eigenvalue weighted by atomic mass is 16.6. The Kier molecular flexibility index (Phi) is 19.5. The Morgan fingerprint density at radius 3 is 1.65 bits per heavy atom. The molecule has 8 atom stereocenters. The number of rotatable bonds is 21. The first-order chi connectivity index (χ1) is 24.1. The first kappa shape index (κ1) is 46.5. The number of likely N-dealkylation sites (N-methyl/N-ethyl adjacent to an activating group) is 3. The molecule has 13 nitrogen and oxygen atoms in total. The molecule has 3 unspecified atom stereocenters. The van der Waals surface area contributed by atoms with Gasteiger partial charge < -0.3 is 34.6 Å². The van der Waals surface area contributed by atoms with Gasteiger partial charge in [-0.1, -0.05) is 57.0 Å². The third-order valence-corrected chi connectivity index (χ3v) is 9.26. The molecule has 0 fully saturated rings. The number of carbonyl (C=O) groups excluding carboxylic acids is 5. The van der Waals surface area contributed by atoms with Crippen LogP contribution in [0.15, 0.2) is 30.3 Å². The highest BCUT2D eigenvalue weighted by molar-refractivity contribution is 5.95. The number of benzene rings is 1. The molecule has 0 aliphatic heterocycles. The summed E-state index contributed by atoms with van der Waals surface area (Å²) in [6, 6.07) is 5.94. The number of amides is 3. The fourth-order valence-electron chi connectivity index (χ4n) is 6.18. The van der Waals surface area contributed by atoms with Gasteiger partial charge in [-0.2, -0.15) is 0 Å². The summed E-state index contributed by atoms with van der Waals surface area (Å²) in [6.45, 7) is 13.4. The number of Topliss-reactive ketones (excluding diaryl/α,β-unsaturated/α-hetero) is 1. The lowest BCUT2D eigenvalue weighted by molar-refractivity contribution is -0.167. The van der Waals surface area contributed by atoms with E-state index in [9.17, 15) is 39.3 Å². The molecule has 1 rings (SSSR count). The van der Waals surface area contributed by atoms with E-state index in [0.717, 1.165) is 5.56 Å². The lowest BCUT2D eigenvalue weighted by Crippen LogP contribution is -2.59. The zero-order valence-corrected chi connectivity index (χ0v) is 33.2. The summed E-state index contributed by atoms with van der Waals surface area (Å²) in [6.07, 6.45) is -1.17. The third kappa shape index (κ3) is 15.6. The van der Waals surface area contributed by atoms with Crippen LogP contribution >= 0.6 is 0 Å². The minimum absolute atomic E-state index is 0.0143. The van der Waals surface area contributed by atoms with E-state index < -0.39 is 90.0 Å². The minimum atomic E-state index is -1.75. The van der Waals surface area contributed by atoms with Gasteiger partial charge in [0.2, 0.25) is 11.8 Å². The molecular formula is C39H65N3O10. The van der Waals surface area contributed by atoms with Gasteiger partial charge in [0.05, 0.1) is 18.2 Å². The lowest BCUT2D eigenvalue weighted by Gasteiger charge is -2.40. The van der Waals surface area contributed by atoms with Gasteiger partial charge in [-0.05, 0) is 84.6 Å². The van der Waals surface area contributed by atoms with Crippen LogP contribution in [0.25, 0.3) is 0 Å².